The second-order valence-corrected chi connectivity index (χ2v) is 4.51. The molecule has 0 radical (unpaired) electrons. The number of hydrogen-bond acceptors (Lipinski definition) is 4. The van der Waals surface area contributed by atoms with Gasteiger partial charge >= 0.3 is 0 Å². The highest BCUT2D eigenvalue weighted by atomic mass is 32.1. The Labute approximate surface area is 82.8 Å². The molecule has 1 aromatic rings. The van der Waals surface area contributed by atoms with Crippen LogP contribution in [0.5, 0.6) is 0 Å². The molecule has 1 rings (SSSR count). The molecule has 1 heterocycles. The van der Waals surface area contributed by atoms with Crippen molar-refractivity contribution in [2.45, 2.75) is 32.8 Å². The Balaban J connectivity index is 2.49. The normalized spacial score (nSPS) is 13.3. The molecule has 0 aliphatic heterocycles. The zero-order valence-electron chi connectivity index (χ0n) is 8.24. The molecule has 4 heteroatoms. The van der Waals surface area contributed by atoms with Crippen LogP contribution in [0.15, 0.2) is 6.20 Å². The number of thiazole rings is 1. The van der Waals surface area contributed by atoms with Gasteiger partial charge in [0.2, 0.25) is 0 Å². The van der Waals surface area contributed by atoms with E-state index in [2.05, 4.69) is 24.1 Å². The van der Waals surface area contributed by atoms with Crippen LogP contribution in [0.4, 0.5) is 5.13 Å². The molecule has 74 valence electrons. The summed E-state index contributed by atoms with van der Waals surface area (Å²) in [6.07, 6.45) is 1.56. The third-order valence-corrected chi connectivity index (χ3v) is 2.90. The Morgan fingerprint density at radius 3 is 2.69 bits per heavy atom. The fourth-order valence-corrected chi connectivity index (χ4v) is 1.70. The van der Waals surface area contributed by atoms with Gasteiger partial charge in [0.15, 0.2) is 5.13 Å². The van der Waals surface area contributed by atoms with Crippen LogP contribution in [0, 0.1) is 0 Å². The summed E-state index contributed by atoms with van der Waals surface area (Å²) in [5.74, 6) is 0.527. The van der Waals surface area contributed by atoms with E-state index >= 15 is 0 Å². The summed E-state index contributed by atoms with van der Waals surface area (Å²) >= 11 is 1.65. The standard InChI is InChI=1S/C9H16N2OS/c1-6(2)8-5-11-9(13-8)10-4-7(3)12/h5-7,12H,4H2,1-3H3,(H,10,11). The molecule has 0 aromatic carbocycles. The molecule has 0 bridgehead atoms. The van der Waals surface area contributed by atoms with Crippen LogP contribution in [0.1, 0.15) is 31.6 Å². The molecular formula is C9H16N2OS. The van der Waals surface area contributed by atoms with E-state index in [1.165, 1.54) is 4.88 Å². The van der Waals surface area contributed by atoms with E-state index < -0.39 is 0 Å². The van der Waals surface area contributed by atoms with Crippen molar-refractivity contribution in [1.82, 2.24) is 4.98 Å². The number of nitrogens with one attached hydrogen (secondary N) is 1. The van der Waals surface area contributed by atoms with Gasteiger partial charge in [-0.05, 0) is 12.8 Å². The molecule has 3 nitrogen and oxygen atoms in total. The first-order valence-electron chi connectivity index (χ1n) is 4.47. The zero-order chi connectivity index (χ0) is 9.84. The molecule has 13 heavy (non-hydrogen) atoms. The lowest BCUT2D eigenvalue weighted by Gasteiger charge is -2.03. The van der Waals surface area contributed by atoms with Gasteiger partial charge in [-0.2, -0.15) is 0 Å². The first-order valence-corrected chi connectivity index (χ1v) is 5.29. The van der Waals surface area contributed by atoms with Crippen LogP contribution in [0.25, 0.3) is 0 Å². The van der Waals surface area contributed by atoms with Gasteiger partial charge in [0.05, 0.1) is 6.10 Å². The summed E-state index contributed by atoms with van der Waals surface area (Å²) < 4.78 is 0. The van der Waals surface area contributed by atoms with Crippen molar-refractivity contribution in [3.63, 3.8) is 0 Å². The topological polar surface area (TPSA) is 45.1 Å². The Morgan fingerprint density at radius 2 is 2.23 bits per heavy atom. The highest BCUT2D eigenvalue weighted by Gasteiger charge is 2.05. The number of aromatic nitrogens is 1. The number of aliphatic hydroxyl groups is 1. The summed E-state index contributed by atoms with van der Waals surface area (Å²) in [5, 5.41) is 13.0. The van der Waals surface area contributed by atoms with Crippen molar-refractivity contribution < 1.29 is 5.11 Å². The van der Waals surface area contributed by atoms with E-state index in [1.54, 1.807) is 18.3 Å². The molecule has 0 aliphatic rings. The van der Waals surface area contributed by atoms with Gasteiger partial charge in [0.1, 0.15) is 0 Å². The van der Waals surface area contributed by atoms with E-state index in [-0.39, 0.29) is 6.10 Å². The molecule has 2 N–H and O–H groups in total. The smallest absolute Gasteiger partial charge is 0.182 e. The fraction of sp³-hybridized carbons (Fsp3) is 0.667. The van der Waals surface area contributed by atoms with Crippen molar-refractivity contribution in [3.8, 4) is 0 Å². The summed E-state index contributed by atoms with van der Waals surface area (Å²) in [6.45, 7) is 6.60. The average molecular weight is 200 g/mol. The second kappa shape index (κ2) is 4.58. The van der Waals surface area contributed by atoms with E-state index in [1.807, 2.05) is 6.20 Å². The third kappa shape index (κ3) is 3.32. The number of hydrogen-bond donors (Lipinski definition) is 2. The summed E-state index contributed by atoms with van der Waals surface area (Å²) in [6, 6.07) is 0. The van der Waals surface area contributed by atoms with Crippen LogP contribution in [0.2, 0.25) is 0 Å². The van der Waals surface area contributed by atoms with Crippen LogP contribution in [0.3, 0.4) is 0 Å². The quantitative estimate of drug-likeness (QED) is 0.782. The number of anilines is 1. The molecule has 0 saturated carbocycles. The molecule has 0 spiro atoms. The van der Waals surface area contributed by atoms with Gasteiger partial charge in [-0.15, -0.1) is 11.3 Å². The molecule has 1 aromatic heterocycles. The Kier molecular flexibility index (Phi) is 3.69. The number of nitrogens with zero attached hydrogens (tertiary/aromatic N) is 1. The van der Waals surface area contributed by atoms with Gasteiger partial charge in [0, 0.05) is 17.6 Å². The molecular weight excluding hydrogens is 184 g/mol. The van der Waals surface area contributed by atoms with E-state index in [0.29, 0.717) is 12.5 Å². The zero-order valence-corrected chi connectivity index (χ0v) is 9.06. The van der Waals surface area contributed by atoms with Crippen molar-refractivity contribution in [2.75, 3.05) is 11.9 Å². The molecule has 1 atom stereocenters. The highest BCUT2D eigenvalue weighted by Crippen LogP contribution is 2.24. The summed E-state index contributed by atoms with van der Waals surface area (Å²) in [4.78, 5) is 5.48. The second-order valence-electron chi connectivity index (χ2n) is 3.45. The minimum absolute atomic E-state index is 0.327. The molecule has 0 amide bonds. The Bertz CT molecular complexity index is 258. The van der Waals surface area contributed by atoms with Crippen molar-refractivity contribution in [2.24, 2.45) is 0 Å². The maximum atomic E-state index is 9.04. The van der Waals surface area contributed by atoms with Crippen molar-refractivity contribution >= 4 is 16.5 Å². The monoisotopic (exact) mass is 200 g/mol. The minimum atomic E-state index is -0.327. The summed E-state index contributed by atoms with van der Waals surface area (Å²) in [5.41, 5.74) is 0. The predicted molar refractivity (Wildman–Crippen MR) is 56.4 cm³/mol. The van der Waals surface area contributed by atoms with Gasteiger partial charge in [0.25, 0.3) is 0 Å². The van der Waals surface area contributed by atoms with Gasteiger partial charge in [-0.1, -0.05) is 13.8 Å². The Morgan fingerprint density at radius 1 is 1.54 bits per heavy atom. The SMILES string of the molecule is CC(O)CNc1ncc(C(C)C)s1. The average Bonchev–Trinajstić information content (AvgIpc) is 2.48. The van der Waals surface area contributed by atoms with Crippen LogP contribution < -0.4 is 5.32 Å². The highest BCUT2D eigenvalue weighted by molar-refractivity contribution is 7.15. The van der Waals surface area contributed by atoms with E-state index in [0.717, 1.165) is 5.13 Å². The molecule has 0 aliphatic carbocycles. The van der Waals surface area contributed by atoms with E-state index in [4.69, 9.17) is 5.11 Å². The lowest BCUT2D eigenvalue weighted by atomic mass is 10.2. The van der Waals surface area contributed by atoms with Gasteiger partial charge in [-0.3, -0.25) is 0 Å². The van der Waals surface area contributed by atoms with Crippen LogP contribution >= 0.6 is 11.3 Å². The largest absolute Gasteiger partial charge is 0.392 e. The number of aliphatic hydroxyl groups excluding tert-OH is 1. The minimum Gasteiger partial charge on any atom is -0.392 e. The summed E-state index contributed by atoms with van der Waals surface area (Å²) in [7, 11) is 0. The Hall–Kier alpha value is -0.610. The number of rotatable bonds is 4. The lowest BCUT2D eigenvalue weighted by molar-refractivity contribution is 0.208. The first kappa shape index (κ1) is 10.5. The third-order valence-electron chi connectivity index (χ3n) is 1.64. The maximum absolute atomic E-state index is 9.04. The maximum Gasteiger partial charge on any atom is 0.182 e. The van der Waals surface area contributed by atoms with Crippen molar-refractivity contribution in [1.29, 1.82) is 0 Å². The van der Waals surface area contributed by atoms with Gasteiger partial charge < -0.3 is 10.4 Å². The van der Waals surface area contributed by atoms with Crippen LogP contribution in [-0.4, -0.2) is 22.7 Å². The molecule has 0 fully saturated rings. The fourth-order valence-electron chi connectivity index (χ4n) is 0.870. The predicted octanol–water partition coefficient (Wildman–Crippen LogP) is 2.06. The van der Waals surface area contributed by atoms with Crippen LogP contribution in [-0.2, 0) is 0 Å². The lowest BCUT2D eigenvalue weighted by Crippen LogP contribution is -2.14. The van der Waals surface area contributed by atoms with E-state index in [9.17, 15) is 0 Å². The molecule has 0 saturated heterocycles. The van der Waals surface area contributed by atoms with Crippen molar-refractivity contribution in [3.05, 3.63) is 11.1 Å². The van der Waals surface area contributed by atoms with Gasteiger partial charge in [-0.25, -0.2) is 4.98 Å². The molecule has 1 unspecified atom stereocenters. The first-order chi connectivity index (χ1) is 6.09.